The lowest BCUT2D eigenvalue weighted by Crippen LogP contribution is -2.41. The van der Waals surface area contributed by atoms with E-state index in [9.17, 15) is 9.59 Å². The minimum absolute atomic E-state index is 0.0806. The Morgan fingerprint density at radius 1 is 1.37 bits per heavy atom. The highest BCUT2D eigenvalue weighted by molar-refractivity contribution is 6.37. The third kappa shape index (κ3) is 3.68. The van der Waals surface area contributed by atoms with Gasteiger partial charge in [-0.05, 0) is 34.1 Å². The first kappa shape index (κ1) is 15.5. The molecule has 0 N–H and O–H groups in total. The lowest BCUT2D eigenvalue weighted by molar-refractivity contribution is -0.169. The maximum absolute atomic E-state index is 11.9. The third-order valence-corrected chi connectivity index (χ3v) is 2.64. The van der Waals surface area contributed by atoms with E-state index >= 15 is 0 Å². The fourth-order valence-electron chi connectivity index (χ4n) is 1.63. The zero-order valence-corrected chi connectivity index (χ0v) is 12.1. The second-order valence-electron chi connectivity index (χ2n) is 5.38. The predicted octanol–water partition coefficient (Wildman–Crippen LogP) is 1.82. The first-order valence-electron chi connectivity index (χ1n) is 6.39. The molecule has 1 atom stereocenters. The summed E-state index contributed by atoms with van der Waals surface area (Å²) < 4.78 is 10.2. The van der Waals surface area contributed by atoms with E-state index in [1.807, 2.05) is 0 Å². The topological polar surface area (TPSA) is 74.2 Å². The summed E-state index contributed by atoms with van der Waals surface area (Å²) >= 11 is 0. The highest BCUT2D eigenvalue weighted by atomic mass is 16.7. The van der Waals surface area contributed by atoms with Crippen molar-refractivity contribution in [2.24, 2.45) is 5.16 Å². The second-order valence-corrected chi connectivity index (χ2v) is 5.38. The van der Waals surface area contributed by atoms with E-state index < -0.39 is 23.1 Å². The van der Waals surface area contributed by atoms with Crippen LogP contribution in [0, 0.1) is 0 Å². The number of nitrogens with zero attached hydrogens (tertiary/aromatic N) is 1. The molecule has 1 heterocycles. The summed E-state index contributed by atoms with van der Waals surface area (Å²) in [4.78, 5) is 28.9. The molecule has 6 nitrogen and oxygen atoms in total. The third-order valence-electron chi connectivity index (χ3n) is 2.64. The molecule has 1 aliphatic heterocycles. The Hall–Kier alpha value is -1.59. The van der Waals surface area contributed by atoms with Gasteiger partial charge in [0.25, 0.3) is 0 Å². The molecule has 0 radical (unpaired) electrons. The fraction of sp³-hybridized carbons (Fsp3) is 0.769. The van der Waals surface area contributed by atoms with Crippen LogP contribution in [-0.4, -0.2) is 35.5 Å². The van der Waals surface area contributed by atoms with Crippen molar-refractivity contribution < 1.29 is 23.9 Å². The van der Waals surface area contributed by atoms with Gasteiger partial charge in [-0.1, -0.05) is 12.1 Å². The molecule has 0 saturated heterocycles. The van der Waals surface area contributed by atoms with Crippen LogP contribution in [0.5, 0.6) is 0 Å². The Balaban J connectivity index is 2.74. The highest BCUT2D eigenvalue weighted by Gasteiger charge is 2.48. The van der Waals surface area contributed by atoms with Crippen LogP contribution in [0.2, 0.25) is 0 Å². The van der Waals surface area contributed by atoms with E-state index in [2.05, 4.69) is 5.16 Å². The summed E-state index contributed by atoms with van der Waals surface area (Å²) in [6, 6.07) is 0. The van der Waals surface area contributed by atoms with Gasteiger partial charge >= 0.3 is 11.9 Å². The monoisotopic (exact) mass is 271 g/mol. The van der Waals surface area contributed by atoms with Crippen molar-refractivity contribution >= 4 is 17.7 Å². The summed E-state index contributed by atoms with van der Waals surface area (Å²) in [5, 5.41) is 3.69. The van der Waals surface area contributed by atoms with E-state index in [1.165, 1.54) is 0 Å². The minimum Gasteiger partial charge on any atom is -0.463 e. The van der Waals surface area contributed by atoms with Crippen molar-refractivity contribution in [3.05, 3.63) is 0 Å². The normalized spacial score (nSPS) is 22.5. The van der Waals surface area contributed by atoms with Crippen molar-refractivity contribution in [2.45, 2.75) is 58.7 Å². The number of ether oxygens (including phenoxy) is 2. The number of oxime groups is 1. The van der Waals surface area contributed by atoms with Gasteiger partial charge in [-0.25, -0.2) is 9.59 Å². The lowest BCUT2D eigenvalue weighted by Gasteiger charge is -2.22. The number of hydrogen-bond acceptors (Lipinski definition) is 6. The number of rotatable bonds is 4. The van der Waals surface area contributed by atoms with Crippen molar-refractivity contribution in [2.75, 3.05) is 6.61 Å². The van der Waals surface area contributed by atoms with Crippen LogP contribution in [0.4, 0.5) is 0 Å². The molecule has 1 unspecified atom stereocenters. The average molecular weight is 271 g/mol. The molecule has 0 saturated carbocycles. The van der Waals surface area contributed by atoms with Crippen molar-refractivity contribution in [1.82, 2.24) is 0 Å². The Morgan fingerprint density at radius 3 is 2.47 bits per heavy atom. The van der Waals surface area contributed by atoms with Gasteiger partial charge in [-0.2, -0.15) is 0 Å². The average Bonchev–Trinajstić information content (AvgIpc) is 2.72. The zero-order valence-electron chi connectivity index (χ0n) is 12.1. The van der Waals surface area contributed by atoms with Gasteiger partial charge in [0.2, 0.25) is 5.60 Å². The number of hydrogen-bond donors (Lipinski definition) is 0. The predicted molar refractivity (Wildman–Crippen MR) is 68.6 cm³/mol. The molecule has 0 bridgehead atoms. The summed E-state index contributed by atoms with van der Waals surface area (Å²) in [7, 11) is 0. The van der Waals surface area contributed by atoms with Gasteiger partial charge in [0, 0.05) is 0 Å². The molecule has 0 spiro atoms. The van der Waals surface area contributed by atoms with E-state index in [1.54, 1.807) is 34.6 Å². The quantitative estimate of drug-likeness (QED) is 0.729. The van der Waals surface area contributed by atoms with E-state index in [0.717, 1.165) is 0 Å². The van der Waals surface area contributed by atoms with Crippen molar-refractivity contribution in [1.29, 1.82) is 0 Å². The van der Waals surface area contributed by atoms with Crippen molar-refractivity contribution in [3.63, 3.8) is 0 Å². The largest absolute Gasteiger partial charge is 0.463 e. The molecule has 1 rings (SSSR count). The van der Waals surface area contributed by atoms with Crippen molar-refractivity contribution in [3.8, 4) is 0 Å². The second kappa shape index (κ2) is 5.59. The highest BCUT2D eigenvalue weighted by Crippen LogP contribution is 2.30. The van der Waals surface area contributed by atoms with Crippen LogP contribution in [0.15, 0.2) is 5.16 Å². The van der Waals surface area contributed by atoms with Gasteiger partial charge in [-0.15, -0.1) is 0 Å². The van der Waals surface area contributed by atoms with Crippen LogP contribution in [0.25, 0.3) is 0 Å². The Bertz CT molecular complexity index is 396. The van der Waals surface area contributed by atoms with E-state index in [0.29, 0.717) is 6.42 Å². The Morgan fingerprint density at radius 2 is 2.00 bits per heavy atom. The fourth-order valence-corrected chi connectivity index (χ4v) is 1.63. The number of carbonyl (C=O) groups is 2. The van der Waals surface area contributed by atoms with E-state index in [4.69, 9.17) is 14.3 Å². The lowest BCUT2D eigenvalue weighted by atomic mass is 9.94. The molecular formula is C13H21NO5. The van der Waals surface area contributed by atoms with Crippen LogP contribution < -0.4 is 0 Å². The maximum atomic E-state index is 11.9. The Kier molecular flexibility index (Phi) is 4.55. The number of carbonyl (C=O) groups excluding carboxylic acids is 2. The molecule has 19 heavy (non-hydrogen) atoms. The molecule has 6 heteroatoms. The standard InChI is InChI=1S/C13H21NO5/c1-6-13(11(16)17-7-2)8-9(14-19-13)10(15)18-12(3,4)5/h6-8H2,1-5H3. The van der Waals surface area contributed by atoms with Gasteiger partial charge < -0.3 is 14.3 Å². The molecular weight excluding hydrogens is 250 g/mol. The smallest absolute Gasteiger partial charge is 0.356 e. The molecule has 0 aromatic carbocycles. The van der Waals surface area contributed by atoms with Crippen LogP contribution in [0.1, 0.15) is 47.5 Å². The van der Waals surface area contributed by atoms with Gasteiger partial charge in [0.1, 0.15) is 5.60 Å². The minimum atomic E-state index is -1.19. The molecule has 0 fully saturated rings. The summed E-state index contributed by atoms with van der Waals surface area (Å²) in [6.07, 6.45) is 0.457. The molecule has 0 aliphatic carbocycles. The van der Waals surface area contributed by atoms with Gasteiger partial charge in [-0.3, -0.25) is 0 Å². The molecule has 108 valence electrons. The zero-order chi connectivity index (χ0) is 14.7. The summed E-state index contributed by atoms with van der Waals surface area (Å²) in [5.41, 5.74) is -1.69. The Labute approximate surface area is 113 Å². The maximum Gasteiger partial charge on any atom is 0.356 e. The van der Waals surface area contributed by atoms with Crippen LogP contribution in [-0.2, 0) is 23.9 Å². The molecule has 0 aromatic rings. The van der Waals surface area contributed by atoms with Crippen LogP contribution in [0.3, 0.4) is 0 Å². The first-order valence-corrected chi connectivity index (χ1v) is 6.39. The molecule has 0 aromatic heterocycles. The van der Waals surface area contributed by atoms with Gasteiger partial charge in [0.15, 0.2) is 5.71 Å². The summed E-state index contributed by atoms with van der Waals surface area (Å²) in [5.74, 6) is -1.06. The molecule has 1 aliphatic rings. The first-order chi connectivity index (χ1) is 8.74. The van der Waals surface area contributed by atoms with Gasteiger partial charge in [0.05, 0.1) is 13.0 Å². The SMILES string of the molecule is CCOC(=O)C1(CC)CC(C(=O)OC(C)(C)C)=NO1. The summed E-state index contributed by atoms with van der Waals surface area (Å²) in [6.45, 7) is 9.04. The number of esters is 2. The van der Waals surface area contributed by atoms with E-state index in [-0.39, 0.29) is 18.7 Å². The van der Waals surface area contributed by atoms with Crippen LogP contribution >= 0.6 is 0 Å². The molecule has 0 amide bonds.